The number of nitrogens with zero attached hydrogens (tertiary/aromatic N) is 1. The summed E-state index contributed by atoms with van der Waals surface area (Å²) in [7, 11) is 0.425. The largest absolute Gasteiger partial charge is 0.309 e. The van der Waals surface area contributed by atoms with Crippen molar-refractivity contribution in [3.8, 4) is 0 Å². The van der Waals surface area contributed by atoms with Crippen LogP contribution in [0.3, 0.4) is 0 Å². The van der Waals surface area contributed by atoms with Gasteiger partial charge in [-0.3, -0.25) is 4.72 Å². The van der Waals surface area contributed by atoms with Gasteiger partial charge in [0.15, 0.2) is 0 Å². The molecule has 1 aliphatic rings. The van der Waals surface area contributed by atoms with E-state index in [0.717, 1.165) is 46.2 Å². The molecule has 2 aromatic carbocycles. The predicted octanol–water partition coefficient (Wildman–Crippen LogP) is 5.56. The number of anilines is 1. The van der Waals surface area contributed by atoms with Gasteiger partial charge in [-0.05, 0) is 85.8 Å². The Morgan fingerprint density at radius 3 is 2.76 bits per heavy atom. The Balaban J connectivity index is 1.66. The zero-order valence-electron chi connectivity index (χ0n) is 16.6. The number of fused-ring (bicyclic) bond motifs is 2. The molecule has 1 heterocycles. The molecular formula is C22H23ClN2O2S2. The lowest BCUT2D eigenvalue weighted by Gasteiger charge is -2.14. The molecule has 0 amide bonds. The maximum Gasteiger partial charge on any atom is 0.271 e. The first-order valence-corrected chi connectivity index (χ1v) is 12.1. The highest BCUT2D eigenvalue weighted by atomic mass is 35.5. The molecule has 0 saturated heterocycles. The van der Waals surface area contributed by atoms with Gasteiger partial charge in [-0.1, -0.05) is 29.8 Å². The zero-order valence-corrected chi connectivity index (χ0v) is 19.0. The van der Waals surface area contributed by atoms with Gasteiger partial charge in [0, 0.05) is 16.3 Å². The number of aryl methyl sites for hydroxylation is 1. The van der Waals surface area contributed by atoms with E-state index in [1.807, 2.05) is 31.2 Å². The lowest BCUT2D eigenvalue weighted by atomic mass is 10.0. The van der Waals surface area contributed by atoms with E-state index in [4.69, 9.17) is 11.6 Å². The Morgan fingerprint density at radius 2 is 2.00 bits per heavy atom. The molecule has 0 fully saturated rings. The number of halogens is 1. The smallest absolute Gasteiger partial charge is 0.271 e. The van der Waals surface area contributed by atoms with Gasteiger partial charge in [0.2, 0.25) is 0 Å². The predicted molar refractivity (Wildman–Crippen MR) is 124 cm³/mol. The van der Waals surface area contributed by atoms with Crippen LogP contribution < -0.4 is 4.72 Å². The van der Waals surface area contributed by atoms with E-state index in [1.165, 1.54) is 16.9 Å². The summed E-state index contributed by atoms with van der Waals surface area (Å²) >= 11 is 7.37. The maximum absolute atomic E-state index is 13.2. The summed E-state index contributed by atoms with van der Waals surface area (Å²) in [5.41, 5.74) is 4.87. The third-order valence-electron chi connectivity index (χ3n) is 5.25. The molecule has 1 aliphatic carbocycles. The van der Waals surface area contributed by atoms with Gasteiger partial charge in [0.1, 0.15) is 4.21 Å². The second-order valence-electron chi connectivity index (χ2n) is 7.58. The third-order valence-corrected chi connectivity index (χ3v) is 8.74. The van der Waals surface area contributed by atoms with Crippen molar-refractivity contribution in [2.45, 2.75) is 24.0 Å². The summed E-state index contributed by atoms with van der Waals surface area (Å²) in [6, 6.07) is 11.3. The minimum absolute atomic E-state index is 0.339. The van der Waals surface area contributed by atoms with Crippen molar-refractivity contribution >= 4 is 54.3 Å². The molecule has 4 nitrogen and oxygen atoms in total. The average molecular weight is 447 g/mol. The van der Waals surface area contributed by atoms with Crippen LogP contribution in [0.25, 0.3) is 15.7 Å². The maximum atomic E-state index is 13.2. The second-order valence-corrected chi connectivity index (χ2v) is 10.9. The van der Waals surface area contributed by atoms with E-state index in [-0.39, 0.29) is 0 Å². The van der Waals surface area contributed by atoms with Crippen LogP contribution in [0.2, 0.25) is 5.02 Å². The number of benzene rings is 2. The van der Waals surface area contributed by atoms with E-state index in [2.05, 4.69) is 35.9 Å². The Labute approximate surface area is 180 Å². The number of rotatable bonds is 6. The molecule has 0 saturated carbocycles. The molecule has 0 radical (unpaired) electrons. The quantitative estimate of drug-likeness (QED) is 0.539. The van der Waals surface area contributed by atoms with E-state index in [0.29, 0.717) is 14.9 Å². The molecule has 0 bridgehead atoms. The van der Waals surface area contributed by atoms with Crippen LogP contribution in [-0.4, -0.2) is 34.0 Å². The number of sulfonamides is 1. The first-order valence-electron chi connectivity index (χ1n) is 9.44. The monoisotopic (exact) mass is 446 g/mol. The standard InChI is InChI=1S/C22H23ClN2O2S2/c1-14-19-13-16(23)8-10-21(19)28-22(14)29(26,27)24-20-6-4-5-17-15(7-9-18(17)20)11-12-25(2)3/h4-8,10,13,24H,9,11-12H2,1-3H3. The van der Waals surface area contributed by atoms with Crippen LogP contribution in [0.15, 0.2) is 46.7 Å². The van der Waals surface area contributed by atoms with Crippen molar-refractivity contribution in [1.82, 2.24) is 4.90 Å². The molecule has 29 heavy (non-hydrogen) atoms. The SMILES string of the molecule is Cc1c(S(=O)(=O)Nc2cccc3c2CC=C3CCN(C)C)sc2ccc(Cl)cc12. The molecule has 7 heteroatoms. The molecule has 0 unspecified atom stereocenters. The Morgan fingerprint density at radius 1 is 1.21 bits per heavy atom. The second kappa shape index (κ2) is 7.76. The Kier molecular flexibility index (Phi) is 5.46. The van der Waals surface area contributed by atoms with E-state index >= 15 is 0 Å². The van der Waals surface area contributed by atoms with Gasteiger partial charge >= 0.3 is 0 Å². The number of hydrogen-bond donors (Lipinski definition) is 1. The molecule has 0 aliphatic heterocycles. The fourth-order valence-electron chi connectivity index (χ4n) is 3.74. The number of thiophene rings is 1. The molecule has 1 aromatic heterocycles. The van der Waals surface area contributed by atoms with Gasteiger partial charge in [0.25, 0.3) is 10.0 Å². The van der Waals surface area contributed by atoms with E-state index in [1.54, 1.807) is 6.07 Å². The third kappa shape index (κ3) is 3.94. The molecule has 3 aromatic rings. The highest BCUT2D eigenvalue weighted by Crippen LogP contribution is 2.39. The van der Waals surface area contributed by atoms with Crippen LogP contribution in [0, 0.1) is 6.92 Å². The van der Waals surface area contributed by atoms with Gasteiger partial charge in [-0.25, -0.2) is 8.42 Å². The summed E-state index contributed by atoms with van der Waals surface area (Å²) in [5, 5.41) is 1.49. The van der Waals surface area contributed by atoms with Crippen molar-refractivity contribution in [3.05, 3.63) is 64.2 Å². The summed E-state index contributed by atoms with van der Waals surface area (Å²) in [6.45, 7) is 2.80. The van der Waals surface area contributed by atoms with Gasteiger partial charge in [-0.2, -0.15) is 0 Å². The fourth-order valence-corrected chi connectivity index (χ4v) is 6.75. The summed E-state index contributed by atoms with van der Waals surface area (Å²) in [4.78, 5) is 2.15. The lowest BCUT2D eigenvalue weighted by molar-refractivity contribution is 0.419. The van der Waals surface area contributed by atoms with Gasteiger partial charge in [0.05, 0.1) is 5.69 Å². The van der Waals surface area contributed by atoms with Crippen molar-refractivity contribution in [1.29, 1.82) is 0 Å². The molecule has 0 spiro atoms. The van der Waals surface area contributed by atoms with Crippen molar-refractivity contribution in [2.75, 3.05) is 25.4 Å². The molecule has 1 N–H and O–H groups in total. The molecular weight excluding hydrogens is 424 g/mol. The number of allylic oxidation sites excluding steroid dienone is 1. The van der Waals surface area contributed by atoms with Gasteiger partial charge in [-0.15, -0.1) is 11.3 Å². The van der Waals surface area contributed by atoms with Gasteiger partial charge < -0.3 is 4.90 Å². The summed E-state index contributed by atoms with van der Waals surface area (Å²) in [6.07, 6.45) is 3.91. The minimum Gasteiger partial charge on any atom is -0.309 e. The molecule has 0 atom stereocenters. The van der Waals surface area contributed by atoms with Crippen molar-refractivity contribution in [3.63, 3.8) is 0 Å². The lowest BCUT2D eigenvalue weighted by Crippen LogP contribution is -2.14. The zero-order chi connectivity index (χ0) is 20.8. The first kappa shape index (κ1) is 20.4. The Bertz CT molecular complexity index is 1230. The number of nitrogens with one attached hydrogen (secondary N) is 1. The molecule has 152 valence electrons. The van der Waals surface area contributed by atoms with Crippen LogP contribution in [-0.2, 0) is 16.4 Å². The summed E-state index contributed by atoms with van der Waals surface area (Å²) < 4.78 is 30.5. The highest BCUT2D eigenvalue weighted by Gasteiger charge is 2.25. The van der Waals surface area contributed by atoms with E-state index < -0.39 is 10.0 Å². The Hall–Kier alpha value is -1.86. The normalized spacial score (nSPS) is 13.8. The first-order chi connectivity index (χ1) is 13.8. The van der Waals surface area contributed by atoms with Crippen LogP contribution in [0.5, 0.6) is 0 Å². The van der Waals surface area contributed by atoms with Crippen molar-refractivity contribution in [2.24, 2.45) is 0 Å². The minimum atomic E-state index is -3.69. The topological polar surface area (TPSA) is 49.4 Å². The van der Waals surface area contributed by atoms with E-state index in [9.17, 15) is 8.42 Å². The fraction of sp³-hybridized carbons (Fsp3) is 0.273. The number of hydrogen-bond acceptors (Lipinski definition) is 4. The van der Waals surface area contributed by atoms with Crippen LogP contribution in [0.4, 0.5) is 5.69 Å². The highest BCUT2D eigenvalue weighted by molar-refractivity contribution is 7.94. The summed E-state index contributed by atoms with van der Waals surface area (Å²) in [5.74, 6) is 0. The van der Waals surface area contributed by atoms with Crippen LogP contribution in [0.1, 0.15) is 23.1 Å². The van der Waals surface area contributed by atoms with Crippen LogP contribution >= 0.6 is 22.9 Å². The average Bonchev–Trinajstić information content (AvgIpc) is 3.22. The molecule has 4 rings (SSSR count). The van der Waals surface area contributed by atoms with Crippen molar-refractivity contribution < 1.29 is 8.42 Å².